The summed E-state index contributed by atoms with van der Waals surface area (Å²) in [7, 11) is -4.23. The van der Waals surface area contributed by atoms with Crippen LogP contribution in [0.15, 0.2) is 71.6 Å². The Labute approximate surface area is 202 Å². The number of amides is 1. The zero-order valence-electron chi connectivity index (χ0n) is 18.0. The molecule has 9 heteroatoms. The second-order valence-electron chi connectivity index (χ2n) is 8.03. The molecule has 1 fully saturated rings. The molecular formula is C25H21ClFN3O3S. The van der Waals surface area contributed by atoms with Gasteiger partial charge in [-0.2, -0.15) is 5.26 Å². The van der Waals surface area contributed by atoms with Crippen molar-refractivity contribution in [2.24, 2.45) is 0 Å². The summed E-state index contributed by atoms with van der Waals surface area (Å²) in [5.41, 5.74) is 2.04. The first-order valence-corrected chi connectivity index (χ1v) is 12.5. The van der Waals surface area contributed by atoms with Gasteiger partial charge in [0.1, 0.15) is 10.7 Å². The highest BCUT2D eigenvalue weighted by Crippen LogP contribution is 2.31. The van der Waals surface area contributed by atoms with Gasteiger partial charge in [0, 0.05) is 18.7 Å². The standard InChI is InChI=1S/C25H21ClFN3O3S/c26-21-10-9-20(15-23(21)29-34(32,33)24-4-2-1-3-22(24)27)25(31)30-13-11-19(12-14-30)18-7-5-17(16-28)6-8-18/h1-10,15,19,29H,11-14H2. The van der Waals surface area contributed by atoms with Gasteiger partial charge in [0.05, 0.1) is 22.3 Å². The van der Waals surface area contributed by atoms with Crippen molar-refractivity contribution in [3.8, 4) is 6.07 Å². The van der Waals surface area contributed by atoms with E-state index in [1.54, 1.807) is 17.0 Å². The molecular weight excluding hydrogens is 477 g/mol. The Morgan fingerprint density at radius 3 is 2.38 bits per heavy atom. The van der Waals surface area contributed by atoms with Gasteiger partial charge in [0.15, 0.2) is 0 Å². The first-order chi connectivity index (χ1) is 16.3. The van der Waals surface area contributed by atoms with E-state index in [-0.39, 0.29) is 22.2 Å². The van der Waals surface area contributed by atoms with E-state index >= 15 is 0 Å². The summed E-state index contributed by atoms with van der Waals surface area (Å²) in [6.07, 6.45) is 1.55. The van der Waals surface area contributed by atoms with Gasteiger partial charge in [0.25, 0.3) is 15.9 Å². The third kappa shape index (κ3) is 5.06. The molecule has 3 aromatic rings. The predicted molar refractivity (Wildman–Crippen MR) is 128 cm³/mol. The van der Waals surface area contributed by atoms with Crippen molar-refractivity contribution in [2.75, 3.05) is 17.8 Å². The Hall–Kier alpha value is -3.41. The highest BCUT2D eigenvalue weighted by atomic mass is 35.5. The third-order valence-electron chi connectivity index (χ3n) is 5.88. The average molecular weight is 498 g/mol. The fourth-order valence-electron chi connectivity index (χ4n) is 4.03. The summed E-state index contributed by atoms with van der Waals surface area (Å²) in [4.78, 5) is 14.3. The van der Waals surface area contributed by atoms with Crippen LogP contribution in [0.3, 0.4) is 0 Å². The molecule has 174 valence electrons. The second kappa shape index (κ2) is 9.84. The molecule has 34 heavy (non-hydrogen) atoms. The van der Waals surface area contributed by atoms with Gasteiger partial charge >= 0.3 is 0 Å². The predicted octanol–water partition coefficient (Wildman–Crippen LogP) is 5.17. The number of nitrogens with one attached hydrogen (secondary N) is 1. The van der Waals surface area contributed by atoms with Crippen LogP contribution in [0, 0.1) is 17.1 Å². The van der Waals surface area contributed by atoms with Crippen LogP contribution in [0.1, 0.15) is 40.2 Å². The molecule has 0 radical (unpaired) electrons. The number of rotatable bonds is 5. The number of hydrogen-bond acceptors (Lipinski definition) is 4. The number of nitriles is 1. The fourth-order valence-corrected chi connectivity index (χ4v) is 5.40. The van der Waals surface area contributed by atoms with Crippen LogP contribution in [0.2, 0.25) is 5.02 Å². The third-order valence-corrected chi connectivity index (χ3v) is 7.61. The second-order valence-corrected chi connectivity index (χ2v) is 10.1. The van der Waals surface area contributed by atoms with Crippen molar-refractivity contribution in [1.82, 2.24) is 4.90 Å². The van der Waals surface area contributed by atoms with E-state index in [1.165, 1.54) is 30.3 Å². The van der Waals surface area contributed by atoms with Gasteiger partial charge in [-0.25, -0.2) is 12.8 Å². The van der Waals surface area contributed by atoms with Crippen LogP contribution in [0.5, 0.6) is 0 Å². The molecule has 0 saturated carbocycles. The summed E-state index contributed by atoms with van der Waals surface area (Å²) >= 11 is 6.16. The maximum atomic E-state index is 14.0. The SMILES string of the molecule is N#Cc1ccc(C2CCN(C(=O)c3ccc(Cl)c(NS(=O)(=O)c4ccccc4F)c3)CC2)cc1. The van der Waals surface area contributed by atoms with Crippen molar-refractivity contribution in [2.45, 2.75) is 23.7 Å². The van der Waals surface area contributed by atoms with Crippen LogP contribution in [-0.2, 0) is 10.0 Å². The largest absolute Gasteiger partial charge is 0.339 e. The van der Waals surface area contributed by atoms with E-state index in [1.807, 2.05) is 12.1 Å². The summed E-state index contributed by atoms with van der Waals surface area (Å²) in [6.45, 7) is 1.09. The number of carbonyl (C=O) groups excluding carboxylic acids is 1. The number of halogens is 2. The van der Waals surface area contributed by atoms with Crippen molar-refractivity contribution in [3.63, 3.8) is 0 Å². The summed E-state index contributed by atoms with van der Waals surface area (Å²) in [5.74, 6) is -0.824. The quantitative estimate of drug-likeness (QED) is 0.526. The van der Waals surface area contributed by atoms with Crippen LogP contribution in [0.25, 0.3) is 0 Å². The molecule has 4 rings (SSSR count). The Bertz CT molecular complexity index is 1360. The van der Waals surface area contributed by atoms with Crippen molar-refractivity contribution in [1.29, 1.82) is 5.26 Å². The lowest BCUT2D eigenvalue weighted by Crippen LogP contribution is -2.38. The maximum Gasteiger partial charge on any atom is 0.264 e. The number of anilines is 1. The molecule has 0 atom stereocenters. The number of carbonyl (C=O) groups is 1. The Morgan fingerprint density at radius 2 is 1.74 bits per heavy atom. The minimum Gasteiger partial charge on any atom is -0.339 e. The fraction of sp³-hybridized carbons (Fsp3) is 0.200. The molecule has 0 unspecified atom stereocenters. The molecule has 6 nitrogen and oxygen atoms in total. The van der Waals surface area contributed by atoms with Crippen molar-refractivity contribution in [3.05, 3.63) is 94.3 Å². The first kappa shape index (κ1) is 23.7. The molecule has 1 saturated heterocycles. The minimum absolute atomic E-state index is 0.00300. The van der Waals surface area contributed by atoms with E-state index in [0.29, 0.717) is 24.6 Å². The molecule has 1 heterocycles. The van der Waals surface area contributed by atoms with E-state index in [0.717, 1.165) is 30.5 Å². The maximum absolute atomic E-state index is 14.0. The van der Waals surface area contributed by atoms with Crippen molar-refractivity contribution < 1.29 is 17.6 Å². The monoisotopic (exact) mass is 497 g/mol. The Balaban J connectivity index is 1.47. The number of hydrogen-bond donors (Lipinski definition) is 1. The smallest absolute Gasteiger partial charge is 0.264 e. The van der Waals surface area contributed by atoms with Gasteiger partial charge in [0.2, 0.25) is 0 Å². The number of nitrogens with zero attached hydrogens (tertiary/aromatic N) is 2. The molecule has 0 bridgehead atoms. The van der Waals surface area contributed by atoms with Gasteiger partial charge in [-0.05, 0) is 66.8 Å². The molecule has 1 amide bonds. The molecule has 1 aliphatic rings. The summed E-state index contributed by atoms with van der Waals surface area (Å²) in [6, 6.07) is 19.0. The normalized spacial score (nSPS) is 14.4. The Morgan fingerprint density at radius 1 is 1.06 bits per heavy atom. The summed E-state index contributed by atoms with van der Waals surface area (Å²) < 4.78 is 41.6. The van der Waals surface area contributed by atoms with Gasteiger partial charge in [-0.1, -0.05) is 35.9 Å². The zero-order chi connectivity index (χ0) is 24.3. The highest BCUT2D eigenvalue weighted by Gasteiger charge is 2.26. The number of likely N-dealkylation sites (tertiary alicyclic amines) is 1. The topological polar surface area (TPSA) is 90.3 Å². The first-order valence-electron chi connectivity index (χ1n) is 10.6. The van der Waals surface area contributed by atoms with Crippen LogP contribution >= 0.6 is 11.6 Å². The Kier molecular flexibility index (Phi) is 6.87. The number of piperidine rings is 1. The lowest BCUT2D eigenvalue weighted by molar-refractivity contribution is 0.0713. The van der Waals surface area contributed by atoms with Crippen LogP contribution in [0.4, 0.5) is 10.1 Å². The van der Waals surface area contributed by atoms with Crippen molar-refractivity contribution >= 4 is 33.2 Å². The van der Waals surface area contributed by atoms with Gasteiger partial charge in [-0.3, -0.25) is 9.52 Å². The molecule has 0 aromatic heterocycles. The van der Waals surface area contributed by atoms with E-state index in [2.05, 4.69) is 10.8 Å². The van der Waals surface area contributed by atoms with Gasteiger partial charge < -0.3 is 4.90 Å². The van der Waals surface area contributed by atoms with Crippen LogP contribution < -0.4 is 4.72 Å². The van der Waals surface area contributed by atoms with E-state index in [9.17, 15) is 17.6 Å². The molecule has 0 spiro atoms. The van der Waals surface area contributed by atoms with E-state index in [4.69, 9.17) is 16.9 Å². The molecule has 0 aliphatic carbocycles. The molecule has 1 aliphatic heterocycles. The molecule has 1 N–H and O–H groups in total. The lowest BCUT2D eigenvalue weighted by Gasteiger charge is -2.32. The zero-order valence-corrected chi connectivity index (χ0v) is 19.6. The minimum atomic E-state index is -4.23. The highest BCUT2D eigenvalue weighted by molar-refractivity contribution is 7.92. The van der Waals surface area contributed by atoms with Crippen LogP contribution in [-0.4, -0.2) is 32.3 Å². The number of benzene rings is 3. The average Bonchev–Trinajstić information content (AvgIpc) is 2.85. The lowest BCUT2D eigenvalue weighted by atomic mass is 9.89. The number of sulfonamides is 1. The molecule has 3 aromatic carbocycles. The van der Waals surface area contributed by atoms with Gasteiger partial charge in [-0.15, -0.1) is 0 Å². The van der Waals surface area contributed by atoms with E-state index < -0.39 is 20.7 Å². The summed E-state index contributed by atoms with van der Waals surface area (Å²) in [5, 5.41) is 9.05.